The predicted octanol–water partition coefficient (Wildman–Crippen LogP) is 3.39. The van der Waals surface area contributed by atoms with Crippen molar-refractivity contribution in [3.63, 3.8) is 0 Å². The molecule has 1 unspecified atom stereocenters. The van der Waals surface area contributed by atoms with E-state index in [1.54, 1.807) is 0 Å². The van der Waals surface area contributed by atoms with Gasteiger partial charge in [0.2, 0.25) is 0 Å². The van der Waals surface area contributed by atoms with Crippen molar-refractivity contribution in [2.75, 3.05) is 6.54 Å². The van der Waals surface area contributed by atoms with E-state index in [1.807, 2.05) is 6.92 Å². The molecule has 0 saturated heterocycles. The van der Waals surface area contributed by atoms with Gasteiger partial charge in [0, 0.05) is 12.3 Å². The number of rotatable bonds is 5. The minimum absolute atomic E-state index is 0.249. The molecule has 1 N–H and O–H groups in total. The predicted molar refractivity (Wildman–Crippen MR) is 70.7 cm³/mol. The van der Waals surface area contributed by atoms with Gasteiger partial charge in [-0.1, -0.05) is 6.92 Å². The van der Waals surface area contributed by atoms with Crippen LogP contribution in [-0.4, -0.2) is 11.5 Å². The van der Waals surface area contributed by atoms with Gasteiger partial charge >= 0.3 is 0 Å². The molecule has 5 heteroatoms. The molecule has 1 aromatic carbocycles. The van der Waals surface area contributed by atoms with Crippen molar-refractivity contribution < 1.29 is 13.2 Å². The fraction of sp³-hybridized carbons (Fsp3) is 0.267. The topological polar surface area (TPSA) is 24.9 Å². The van der Waals surface area contributed by atoms with E-state index in [-0.39, 0.29) is 12.1 Å². The first-order valence-corrected chi connectivity index (χ1v) is 6.39. The first-order chi connectivity index (χ1) is 9.60. The molecule has 1 atom stereocenters. The molecule has 0 aliphatic rings. The molecule has 0 bridgehead atoms. The van der Waals surface area contributed by atoms with Crippen LogP contribution in [0.3, 0.4) is 0 Å². The Labute approximate surface area is 115 Å². The van der Waals surface area contributed by atoms with Crippen molar-refractivity contribution in [1.29, 1.82) is 0 Å². The van der Waals surface area contributed by atoms with E-state index in [4.69, 9.17) is 0 Å². The lowest BCUT2D eigenvalue weighted by molar-refractivity contribution is 0.491. The second kappa shape index (κ2) is 6.52. The third-order valence-electron chi connectivity index (χ3n) is 2.93. The molecule has 2 aromatic rings. The Morgan fingerprint density at radius 3 is 2.45 bits per heavy atom. The number of hydrogen-bond donors (Lipinski definition) is 1. The second-order valence-electron chi connectivity index (χ2n) is 4.46. The van der Waals surface area contributed by atoms with Gasteiger partial charge in [0.1, 0.15) is 17.5 Å². The Balaban J connectivity index is 2.28. The summed E-state index contributed by atoms with van der Waals surface area (Å²) in [5.41, 5.74) is 0.706. The molecule has 0 amide bonds. The summed E-state index contributed by atoms with van der Waals surface area (Å²) in [4.78, 5) is 4.01. The molecule has 0 saturated carbocycles. The summed E-state index contributed by atoms with van der Waals surface area (Å²) in [7, 11) is 0. The summed E-state index contributed by atoms with van der Waals surface area (Å²) < 4.78 is 40.2. The first-order valence-electron chi connectivity index (χ1n) is 6.39. The van der Waals surface area contributed by atoms with E-state index in [1.165, 1.54) is 30.5 Å². The normalized spacial score (nSPS) is 12.4. The number of aromatic nitrogens is 1. The van der Waals surface area contributed by atoms with Crippen LogP contribution >= 0.6 is 0 Å². The standard InChI is InChI=1S/C15H15F3N2/c1-2-19-14(15-13(18)4-3-5-20-15)8-10-6-11(16)9-12(17)7-10/h3-7,9,14,19H,2,8H2,1H3. The first kappa shape index (κ1) is 14.5. The zero-order chi connectivity index (χ0) is 14.5. The lowest BCUT2D eigenvalue weighted by Crippen LogP contribution is -2.25. The fourth-order valence-electron chi connectivity index (χ4n) is 2.13. The van der Waals surface area contributed by atoms with E-state index in [0.717, 1.165) is 6.07 Å². The van der Waals surface area contributed by atoms with Crippen molar-refractivity contribution in [2.45, 2.75) is 19.4 Å². The lowest BCUT2D eigenvalue weighted by atomic mass is 10.0. The van der Waals surface area contributed by atoms with Crippen molar-refractivity contribution in [2.24, 2.45) is 0 Å². The summed E-state index contributed by atoms with van der Waals surface area (Å²) in [6.45, 7) is 2.47. The molecule has 106 valence electrons. The van der Waals surface area contributed by atoms with Gasteiger partial charge in [-0.15, -0.1) is 0 Å². The van der Waals surface area contributed by atoms with Crippen LogP contribution in [-0.2, 0) is 6.42 Å². The average Bonchev–Trinajstić information content (AvgIpc) is 2.37. The summed E-state index contributed by atoms with van der Waals surface area (Å²) in [5, 5.41) is 3.08. The van der Waals surface area contributed by atoms with E-state index < -0.39 is 23.5 Å². The molecule has 2 nitrogen and oxygen atoms in total. The van der Waals surface area contributed by atoms with Gasteiger partial charge in [0.15, 0.2) is 0 Å². The molecule has 1 heterocycles. The maximum absolute atomic E-state index is 13.8. The van der Waals surface area contributed by atoms with Crippen LogP contribution in [0.1, 0.15) is 24.2 Å². The van der Waals surface area contributed by atoms with Crippen LogP contribution in [0.2, 0.25) is 0 Å². The highest BCUT2D eigenvalue weighted by Gasteiger charge is 2.17. The highest BCUT2D eigenvalue weighted by molar-refractivity contribution is 5.22. The zero-order valence-electron chi connectivity index (χ0n) is 11.0. The fourth-order valence-corrected chi connectivity index (χ4v) is 2.13. The molecule has 0 aliphatic heterocycles. The van der Waals surface area contributed by atoms with Crippen LogP contribution in [0.4, 0.5) is 13.2 Å². The van der Waals surface area contributed by atoms with Crippen molar-refractivity contribution in [3.05, 3.63) is 65.2 Å². The van der Waals surface area contributed by atoms with Gasteiger partial charge in [-0.2, -0.15) is 0 Å². The molecule has 0 fully saturated rings. The molecular formula is C15H15F3N2. The highest BCUT2D eigenvalue weighted by Crippen LogP contribution is 2.20. The Morgan fingerprint density at radius 2 is 1.85 bits per heavy atom. The summed E-state index contributed by atoms with van der Waals surface area (Å²) in [5.74, 6) is -1.72. The zero-order valence-corrected chi connectivity index (χ0v) is 11.0. The molecular weight excluding hydrogens is 265 g/mol. The summed E-state index contributed by atoms with van der Waals surface area (Å²) in [6.07, 6.45) is 1.76. The molecule has 0 radical (unpaired) electrons. The van der Waals surface area contributed by atoms with E-state index in [0.29, 0.717) is 12.1 Å². The van der Waals surface area contributed by atoms with Crippen LogP contribution in [0.15, 0.2) is 36.5 Å². The molecule has 0 spiro atoms. The van der Waals surface area contributed by atoms with Crippen LogP contribution in [0.25, 0.3) is 0 Å². The number of likely N-dealkylation sites (N-methyl/N-ethyl adjacent to an activating group) is 1. The molecule has 2 rings (SSSR count). The van der Waals surface area contributed by atoms with Gasteiger partial charge in [-0.3, -0.25) is 4.98 Å². The smallest absolute Gasteiger partial charge is 0.146 e. The Bertz CT molecular complexity index is 567. The third-order valence-corrected chi connectivity index (χ3v) is 2.93. The van der Waals surface area contributed by atoms with E-state index in [9.17, 15) is 13.2 Å². The second-order valence-corrected chi connectivity index (χ2v) is 4.46. The summed E-state index contributed by atoms with van der Waals surface area (Å²) >= 11 is 0. The van der Waals surface area contributed by atoms with Gasteiger partial charge in [0.05, 0.1) is 11.7 Å². The number of benzene rings is 1. The maximum atomic E-state index is 13.8. The third kappa shape index (κ3) is 3.57. The van der Waals surface area contributed by atoms with E-state index >= 15 is 0 Å². The van der Waals surface area contributed by atoms with Crippen LogP contribution in [0.5, 0.6) is 0 Å². The Morgan fingerprint density at radius 1 is 1.15 bits per heavy atom. The number of nitrogens with zero attached hydrogens (tertiary/aromatic N) is 1. The molecule has 1 aromatic heterocycles. The minimum atomic E-state index is -0.642. The van der Waals surface area contributed by atoms with Gasteiger partial charge in [-0.05, 0) is 42.8 Å². The number of hydrogen-bond acceptors (Lipinski definition) is 2. The Hall–Kier alpha value is -1.88. The summed E-state index contributed by atoms with van der Waals surface area (Å²) in [6, 6.07) is 5.69. The Kier molecular flexibility index (Phi) is 4.74. The molecule has 0 aliphatic carbocycles. The quantitative estimate of drug-likeness (QED) is 0.908. The van der Waals surface area contributed by atoms with Crippen LogP contribution < -0.4 is 5.32 Å². The van der Waals surface area contributed by atoms with Gasteiger partial charge in [-0.25, -0.2) is 13.2 Å². The van der Waals surface area contributed by atoms with Crippen molar-refractivity contribution >= 4 is 0 Å². The lowest BCUT2D eigenvalue weighted by Gasteiger charge is -2.18. The average molecular weight is 280 g/mol. The number of halogens is 3. The highest BCUT2D eigenvalue weighted by atomic mass is 19.1. The van der Waals surface area contributed by atoms with Gasteiger partial charge < -0.3 is 5.32 Å². The van der Waals surface area contributed by atoms with Crippen molar-refractivity contribution in [1.82, 2.24) is 10.3 Å². The maximum Gasteiger partial charge on any atom is 0.146 e. The SMILES string of the molecule is CCNC(Cc1cc(F)cc(F)c1)c1ncccc1F. The largest absolute Gasteiger partial charge is 0.309 e. The number of pyridine rings is 1. The van der Waals surface area contributed by atoms with Crippen LogP contribution in [0, 0.1) is 17.5 Å². The monoisotopic (exact) mass is 280 g/mol. The van der Waals surface area contributed by atoms with E-state index in [2.05, 4.69) is 10.3 Å². The van der Waals surface area contributed by atoms with Crippen molar-refractivity contribution in [3.8, 4) is 0 Å². The minimum Gasteiger partial charge on any atom is -0.309 e. The molecule has 20 heavy (non-hydrogen) atoms. The van der Waals surface area contributed by atoms with Gasteiger partial charge in [0.25, 0.3) is 0 Å². The number of nitrogens with one attached hydrogen (secondary N) is 1.